The first kappa shape index (κ1) is 30.4. The van der Waals surface area contributed by atoms with Crippen LogP contribution in [-0.2, 0) is 38.6 Å². The predicted octanol–water partition coefficient (Wildman–Crippen LogP) is 3.69. The maximum absolute atomic E-state index is 13.5. The molecule has 0 aromatic heterocycles. The predicted molar refractivity (Wildman–Crippen MR) is 157 cm³/mol. The monoisotopic (exact) mass is 561 g/mol. The maximum Gasteiger partial charge on any atom is 0.408 e. The van der Waals surface area contributed by atoms with Crippen LogP contribution in [0.5, 0.6) is 0 Å². The Morgan fingerprint density at radius 1 is 0.725 bits per heavy atom. The van der Waals surface area contributed by atoms with Gasteiger partial charge < -0.3 is 20.7 Å². The Morgan fingerprint density at radius 3 is 1.80 bits per heavy atom. The smallest absolute Gasteiger partial charge is 0.408 e. The summed E-state index contributed by atoms with van der Waals surface area (Å²) in [6.07, 6.45) is -0.182. The number of hydrogen-bond acceptors (Lipinski definition) is 6. The van der Waals surface area contributed by atoms with E-state index >= 15 is 0 Å². The second kappa shape index (κ2) is 16.8. The molecule has 0 aliphatic carbocycles. The number of carbonyl (C=O) groups excluding carboxylic acids is 4. The molecule has 0 spiro atoms. The van der Waals surface area contributed by atoms with Gasteiger partial charge in [0.05, 0.1) is 11.8 Å². The van der Waals surface area contributed by atoms with Crippen molar-refractivity contribution in [3.05, 3.63) is 108 Å². The Hall–Kier alpha value is -4.11. The number of rotatable bonds is 15. The molecule has 3 amide bonds. The van der Waals surface area contributed by atoms with Crippen molar-refractivity contribution in [3.8, 4) is 0 Å². The van der Waals surface area contributed by atoms with Gasteiger partial charge in [-0.3, -0.25) is 14.4 Å². The minimum Gasteiger partial charge on any atom is -0.445 e. The molecular weight excluding hydrogens is 526 g/mol. The van der Waals surface area contributed by atoms with Crippen molar-refractivity contribution in [2.24, 2.45) is 0 Å². The van der Waals surface area contributed by atoms with Crippen molar-refractivity contribution >= 4 is 35.5 Å². The SMILES string of the molecule is CC(=O)NCCSCC(=O)[C@H](Cc1ccccc1)NC(=O)[C@H](Cc1ccccc1)NC(=O)OCc1ccccc1. The molecule has 3 aromatic rings. The van der Waals surface area contributed by atoms with E-state index in [2.05, 4.69) is 16.0 Å². The van der Waals surface area contributed by atoms with Crippen LogP contribution in [0, 0.1) is 0 Å². The first-order chi connectivity index (χ1) is 19.4. The van der Waals surface area contributed by atoms with Crippen LogP contribution in [0.15, 0.2) is 91.0 Å². The molecule has 0 fully saturated rings. The number of benzene rings is 3. The van der Waals surface area contributed by atoms with E-state index in [9.17, 15) is 19.2 Å². The summed E-state index contributed by atoms with van der Waals surface area (Å²) in [6.45, 7) is 1.97. The second-order valence-corrected chi connectivity index (χ2v) is 10.3. The molecule has 3 N–H and O–H groups in total. The van der Waals surface area contributed by atoms with Crippen molar-refractivity contribution < 1.29 is 23.9 Å². The van der Waals surface area contributed by atoms with Crippen LogP contribution in [0.3, 0.4) is 0 Å². The van der Waals surface area contributed by atoms with E-state index in [1.807, 2.05) is 91.0 Å². The van der Waals surface area contributed by atoms with E-state index in [1.54, 1.807) is 0 Å². The Bertz CT molecular complexity index is 1230. The molecular formula is C31H35N3O5S. The van der Waals surface area contributed by atoms with Gasteiger partial charge >= 0.3 is 6.09 Å². The van der Waals surface area contributed by atoms with Crippen LogP contribution in [0.1, 0.15) is 23.6 Å². The van der Waals surface area contributed by atoms with Crippen molar-refractivity contribution in [1.29, 1.82) is 0 Å². The molecule has 8 nitrogen and oxygen atoms in total. The van der Waals surface area contributed by atoms with Crippen molar-refractivity contribution in [3.63, 3.8) is 0 Å². The fourth-order valence-electron chi connectivity index (χ4n) is 3.91. The number of Topliss-reactive ketones (excluding diaryl/α,β-unsaturated/α-hetero) is 1. The summed E-state index contributed by atoms with van der Waals surface area (Å²) in [7, 11) is 0. The van der Waals surface area contributed by atoms with Gasteiger partial charge in [0.15, 0.2) is 5.78 Å². The number of ether oxygens (including phenoxy) is 1. The summed E-state index contributed by atoms with van der Waals surface area (Å²) in [4.78, 5) is 50.5. The number of amides is 3. The lowest BCUT2D eigenvalue weighted by Crippen LogP contribution is -2.53. The molecule has 40 heavy (non-hydrogen) atoms. The third kappa shape index (κ3) is 11.3. The second-order valence-electron chi connectivity index (χ2n) is 9.20. The number of hydrogen-bond donors (Lipinski definition) is 3. The van der Waals surface area contributed by atoms with E-state index < -0.39 is 24.1 Å². The van der Waals surface area contributed by atoms with Gasteiger partial charge in [0.25, 0.3) is 0 Å². The topological polar surface area (TPSA) is 114 Å². The summed E-state index contributed by atoms with van der Waals surface area (Å²) in [5.41, 5.74) is 2.58. The van der Waals surface area contributed by atoms with Crippen LogP contribution in [0.4, 0.5) is 4.79 Å². The number of nitrogens with one attached hydrogen (secondary N) is 3. The molecule has 3 aromatic carbocycles. The first-order valence-corrected chi connectivity index (χ1v) is 14.3. The lowest BCUT2D eigenvalue weighted by atomic mass is 10.0. The zero-order valence-corrected chi connectivity index (χ0v) is 23.3. The molecule has 0 aliphatic heterocycles. The number of carbonyl (C=O) groups is 4. The third-order valence-electron chi connectivity index (χ3n) is 5.96. The molecule has 0 aliphatic rings. The van der Waals surface area contributed by atoms with Gasteiger partial charge in [-0.2, -0.15) is 11.8 Å². The fourth-order valence-corrected chi connectivity index (χ4v) is 4.70. The van der Waals surface area contributed by atoms with Crippen LogP contribution in [0.2, 0.25) is 0 Å². The molecule has 0 saturated carbocycles. The van der Waals surface area contributed by atoms with Crippen LogP contribution >= 0.6 is 11.8 Å². The highest BCUT2D eigenvalue weighted by Gasteiger charge is 2.27. The Balaban J connectivity index is 1.69. The standard InChI is InChI=1S/C31H35N3O5S/c1-23(35)32-17-18-40-22-29(36)27(19-24-11-5-2-6-12-24)33-30(37)28(20-25-13-7-3-8-14-25)34-31(38)39-21-26-15-9-4-10-16-26/h2-16,27-28H,17-22H2,1H3,(H,32,35)(H,33,37)(H,34,38)/t27-,28-/m0/s1. The molecule has 0 bridgehead atoms. The first-order valence-electron chi connectivity index (χ1n) is 13.1. The third-order valence-corrected chi connectivity index (χ3v) is 6.94. The summed E-state index contributed by atoms with van der Waals surface area (Å²) >= 11 is 1.39. The average Bonchev–Trinajstić information content (AvgIpc) is 2.96. The minimum atomic E-state index is -0.954. The highest BCUT2D eigenvalue weighted by atomic mass is 32.2. The normalized spacial score (nSPS) is 12.0. The van der Waals surface area contributed by atoms with Crippen molar-refractivity contribution in [1.82, 2.24) is 16.0 Å². The highest BCUT2D eigenvalue weighted by molar-refractivity contribution is 7.99. The van der Waals surface area contributed by atoms with Gasteiger partial charge in [-0.05, 0) is 23.1 Å². The molecule has 3 rings (SSSR count). The van der Waals surface area contributed by atoms with Gasteiger partial charge in [-0.15, -0.1) is 0 Å². The molecule has 9 heteroatoms. The minimum absolute atomic E-state index is 0.0666. The average molecular weight is 562 g/mol. The quantitative estimate of drug-likeness (QED) is 0.244. The summed E-state index contributed by atoms with van der Waals surface area (Å²) < 4.78 is 5.36. The molecule has 0 heterocycles. The lowest BCUT2D eigenvalue weighted by molar-refractivity contribution is -0.128. The summed E-state index contributed by atoms with van der Waals surface area (Å²) in [6, 6.07) is 26.3. The van der Waals surface area contributed by atoms with Crippen LogP contribution in [0.25, 0.3) is 0 Å². The molecule has 0 radical (unpaired) electrons. The van der Waals surface area contributed by atoms with Gasteiger partial charge in [0.1, 0.15) is 12.6 Å². The van der Waals surface area contributed by atoms with Gasteiger partial charge in [0.2, 0.25) is 11.8 Å². The number of thioether (sulfide) groups is 1. The zero-order valence-electron chi connectivity index (χ0n) is 22.5. The van der Waals surface area contributed by atoms with E-state index in [-0.39, 0.29) is 30.5 Å². The van der Waals surface area contributed by atoms with Gasteiger partial charge in [0, 0.05) is 25.6 Å². The molecule has 2 atom stereocenters. The van der Waals surface area contributed by atoms with Crippen LogP contribution in [-0.4, -0.2) is 53.8 Å². The largest absolute Gasteiger partial charge is 0.445 e. The Kier molecular flexibility index (Phi) is 12.8. The summed E-state index contributed by atoms with van der Waals surface area (Å²) in [5, 5.41) is 8.27. The van der Waals surface area contributed by atoms with Gasteiger partial charge in [-0.25, -0.2) is 4.79 Å². The number of ketones is 1. The van der Waals surface area contributed by atoms with E-state index in [0.29, 0.717) is 18.7 Å². The van der Waals surface area contributed by atoms with E-state index in [4.69, 9.17) is 4.74 Å². The molecule has 210 valence electrons. The fraction of sp³-hybridized carbons (Fsp3) is 0.290. The number of alkyl carbamates (subject to hydrolysis) is 1. The molecule has 0 unspecified atom stereocenters. The lowest BCUT2D eigenvalue weighted by Gasteiger charge is -2.23. The maximum atomic E-state index is 13.5. The molecule has 0 saturated heterocycles. The Morgan fingerprint density at radius 2 is 1.25 bits per heavy atom. The Labute approximate surface area is 239 Å². The van der Waals surface area contributed by atoms with E-state index in [0.717, 1.165) is 16.7 Å². The van der Waals surface area contributed by atoms with Crippen molar-refractivity contribution in [2.45, 2.75) is 38.5 Å². The highest BCUT2D eigenvalue weighted by Crippen LogP contribution is 2.10. The van der Waals surface area contributed by atoms with E-state index in [1.165, 1.54) is 18.7 Å². The van der Waals surface area contributed by atoms with Crippen LogP contribution < -0.4 is 16.0 Å². The van der Waals surface area contributed by atoms with Gasteiger partial charge in [-0.1, -0.05) is 91.0 Å². The zero-order chi connectivity index (χ0) is 28.6. The summed E-state index contributed by atoms with van der Waals surface area (Å²) in [5.74, 6) is 0.00401. The van der Waals surface area contributed by atoms with Crippen molar-refractivity contribution in [2.75, 3.05) is 18.1 Å².